The number of carbonyl (C=O) groups is 1. The molecule has 0 bridgehead atoms. The number of carbonyl (C=O) groups excluding carboxylic acids is 1. The number of amides is 1. The highest BCUT2D eigenvalue weighted by atomic mass is 32.1. The molecule has 3 aromatic rings. The minimum absolute atomic E-state index is 0.120. The van der Waals surface area contributed by atoms with E-state index in [9.17, 15) is 4.79 Å². The Bertz CT molecular complexity index is 950. The third-order valence-electron chi connectivity index (χ3n) is 4.03. The summed E-state index contributed by atoms with van der Waals surface area (Å²) in [7, 11) is 1.63. The fourth-order valence-electron chi connectivity index (χ4n) is 2.50. The van der Waals surface area contributed by atoms with Gasteiger partial charge in [0, 0.05) is 6.08 Å². The average Bonchev–Trinajstić information content (AvgIpc) is 3.00. The molecule has 2 aromatic carbocycles. The first kappa shape index (κ1) is 18.1. The maximum Gasteiger partial charge on any atom is 0.250 e. The quantitative estimate of drug-likeness (QED) is 0.641. The van der Waals surface area contributed by atoms with Crippen molar-refractivity contribution in [3.63, 3.8) is 0 Å². The summed E-state index contributed by atoms with van der Waals surface area (Å²) in [6.07, 6.45) is 3.33. The minimum Gasteiger partial charge on any atom is -0.497 e. The van der Waals surface area contributed by atoms with Gasteiger partial charge in [-0.15, -0.1) is 0 Å². The van der Waals surface area contributed by atoms with Crippen molar-refractivity contribution in [2.45, 2.75) is 26.2 Å². The first-order chi connectivity index (χ1) is 12.3. The number of aromatic nitrogens is 1. The highest BCUT2D eigenvalue weighted by Crippen LogP contribution is 2.29. The molecule has 26 heavy (non-hydrogen) atoms. The molecule has 0 spiro atoms. The van der Waals surface area contributed by atoms with Crippen LogP contribution in [0.4, 0.5) is 5.13 Å². The number of benzene rings is 2. The van der Waals surface area contributed by atoms with Gasteiger partial charge in [0.2, 0.25) is 5.91 Å². The molecule has 5 heteroatoms. The van der Waals surface area contributed by atoms with Gasteiger partial charge in [0.05, 0.1) is 17.3 Å². The number of methoxy groups -OCH3 is 1. The summed E-state index contributed by atoms with van der Waals surface area (Å²) in [5.74, 6) is 0.577. The van der Waals surface area contributed by atoms with E-state index >= 15 is 0 Å². The summed E-state index contributed by atoms with van der Waals surface area (Å²) in [6, 6.07) is 13.9. The molecule has 0 atom stereocenters. The molecule has 1 heterocycles. The van der Waals surface area contributed by atoms with Crippen molar-refractivity contribution in [2.75, 3.05) is 12.4 Å². The Balaban J connectivity index is 1.67. The molecule has 134 valence electrons. The highest BCUT2D eigenvalue weighted by Gasteiger charge is 2.12. The normalized spacial score (nSPS) is 11.8. The SMILES string of the molecule is COc1ccc2nc(NC(=O)/C=C/c3ccc(C(C)(C)C)cc3)sc2c1. The maximum atomic E-state index is 12.2. The van der Waals surface area contributed by atoms with Gasteiger partial charge in [0.15, 0.2) is 5.13 Å². The lowest BCUT2D eigenvalue weighted by Gasteiger charge is -2.18. The van der Waals surface area contributed by atoms with Gasteiger partial charge < -0.3 is 4.74 Å². The van der Waals surface area contributed by atoms with E-state index < -0.39 is 0 Å². The number of thiazole rings is 1. The second-order valence-electron chi connectivity index (χ2n) is 7.05. The number of nitrogens with zero attached hydrogens (tertiary/aromatic N) is 1. The molecule has 0 saturated carbocycles. The van der Waals surface area contributed by atoms with Crippen molar-refractivity contribution in [1.82, 2.24) is 4.98 Å². The van der Waals surface area contributed by atoms with Crippen LogP contribution in [0.3, 0.4) is 0 Å². The molecule has 0 unspecified atom stereocenters. The van der Waals surface area contributed by atoms with E-state index in [2.05, 4.69) is 43.2 Å². The Morgan fingerprint density at radius 1 is 1.15 bits per heavy atom. The molecule has 4 nitrogen and oxygen atoms in total. The van der Waals surface area contributed by atoms with Crippen molar-refractivity contribution >= 4 is 38.7 Å². The zero-order chi connectivity index (χ0) is 18.7. The van der Waals surface area contributed by atoms with E-state index in [1.807, 2.05) is 30.3 Å². The second kappa shape index (κ2) is 7.30. The van der Waals surface area contributed by atoms with E-state index in [-0.39, 0.29) is 11.3 Å². The zero-order valence-electron chi connectivity index (χ0n) is 15.4. The van der Waals surface area contributed by atoms with E-state index in [1.54, 1.807) is 13.2 Å². The third kappa shape index (κ3) is 4.29. The Hall–Kier alpha value is -2.66. The van der Waals surface area contributed by atoms with Crippen LogP contribution in [0.1, 0.15) is 31.9 Å². The second-order valence-corrected chi connectivity index (χ2v) is 8.08. The monoisotopic (exact) mass is 366 g/mol. The van der Waals surface area contributed by atoms with E-state index in [0.29, 0.717) is 5.13 Å². The van der Waals surface area contributed by atoms with Crippen LogP contribution in [0.5, 0.6) is 5.75 Å². The van der Waals surface area contributed by atoms with Crippen LogP contribution >= 0.6 is 11.3 Å². The van der Waals surface area contributed by atoms with Gasteiger partial charge in [-0.2, -0.15) is 0 Å². The fraction of sp³-hybridized carbons (Fsp3) is 0.238. The van der Waals surface area contributed by atoms with Crippen LogP contribution in [0.2, 0.25) is 0 Å². The summed E-state index contributed by atoms with van der Waals surface area (Å²) < 4.78 is 6.18. The molecule has 0 saturated heterocycles. The number of nitrogens with one attached hydrogen (secondary N) is 1. The predicted octanol–water partition coefficient (Wildman–Crippen LogP) is 5.25. The average molecular weight is 366 g/mol. The van der Waals surface area contributed by atoms with Crippen LogP contribution in [-0.4, -0.2) is 18.0 Å². The van der Waals surface area contributed by atoms with Gasteiger partial charge in [-0.1, -0.05) is 56.4 Å². The van der Waals surface area contributed by atoms with Crippen LogP contribution in [0.25, 0.3) is 16.3 Å². The van der Waals surface area contributed by atoms with E-state index in [1.165, 1.54) is 23.0 Å². The number of hydrogen-bond acceptors (Lipinski definition) is 4. The van der Waals surface area contributed by atoms with E-state index in [0.717, 1.165) is 21.5 Å². The lowest BCUT2D eigenvalue weighted by molar-refractivity contribution is -0.111. The standard InChI is InChI=1S/C21H22N2O2S/c1-21(2,3)15-8-5-14(6-9-15)7-12-19(24)23-20-22-17-11-10-16(25-4)13-18(17)26-20/h5-13H,1-4H3,(H,22,23,24)/b12-7+. The number of hydrogen-bond donors (Lipinski definition) is 1. The topological polar surface area (TPSA) is 51.2 Å². The largest absolute Gasteiger partial charge is 0.497 e. The summed E-state index contributed by atoms with van der Waals surface area (Å²) in [4.78, 5) is 16.6. The summed E-state index contributed by atoms with van der Waals surface area (Å²) in [6.45, 7) is 6.54. The van der Waals surface area contributed by atoms with Gasteiger partial charge >= 0.3 is 0 Å². The molecule has 0 aliphatic rings. The molecular weight excluding hydrogens is 344 g/mol. The molecular formula is C21H22N2O2S. The smallest absolute Gasteiger partial charge is 0.250 e. The molecule has 1 amide bonds. The molecule has 0 radical (unpaired) electrons. The minimum atomic E-state index is -0.198. The van der Waals surface area contributed by atoms with Gasteiger partial charge in [0.25, 0.3) is 0 Å². The van der Waals surface area contributed by atoms with E-state index in [4.69, 9.17) is 4.74 Å². The lowest BCUT2D eigenvalue weighted by atomic mass is 9.87. The first-order valence-corrected chi connectivity index (χ1v) is 9.21. The number of ether oxygens (including phenoxy) is 1. The number of rotatable bonds is 4. The summed E-state index contributed by atoms with van der Waals surface area (Å²) in [5.41, 5.74) is 3.22. The lowest BCUT2D eigenvalue weighted by Crippen LogP contribution is -2.10. The summed E-state index contributed by atoms with van der Waals surface area (Å²) in [5, 5.41) is 3.39. The molecule has 1 N–H and O–H groups in total. The Morgan fingerprint density at radius 2 is 1.88 bits per heavy atom. The van der Waals surface area contributed by atoms with Crippen LogP contribution < -0.4 is 10.1 Å². The van der Waals surface area contributed by atoms with Crippen molar-refractivity contribution < 1.29 is 9.53 Å². The van der Waals surface area contributed by atoms with Crippen molar-refractivity contribution in [3.8, 4) is 5.75 Å². The van der Waals surface area contributed by atoms with Crippen molar-refractivity contribution in [3.05, 3.63) is 59.7 Å². The third-order valence-corrected chi connectivity index (χ3v) is 4.96. The Labute approximate surface area is 157 Å². The predicted molar refractivity (Wildman–Crippen MR) is 109 cm³/mol. The summed E-state index contributed by atoms with van der Waals surface area (Å²) >= 11 is 1.42. The molecule has 0 aliphatic carbocycles. The van der Waals surface area contributed by atoms with Crippen LogP contribution in [0.15, 0.2) is 48.5 Å². The van der Waals surface area contributed by atoms with Gasteiger partial charge in [0.1, 0.15) is 5.75 Å². The number of anilines is 1. The Kier molecular flexibility index (Phi) is 5.09. The first-order valence-electron chi connectivity index (χ1n) is 8.39. The zero-order valence-corrected chi connectivity index (χ0v) is 16.2. The van der Waals surface area contributed by atoms with Gasteiger partial charge in [-0.05, 0) is 40.8 Å². The fourth-order valence-corrected chi connectivity index (χ4v) is 3.40. The van der Waals surface area contributed by atoms with Crippen LogP contribution in [-0.2, 0) is 10.2 Å². The van der Waals surface area contributed by atoms with Crippen LogP contribution in [0, 0.1) is 0 Å². The van der Waals surface area contributed by atoms with Gasteiger partial charge in [-0.3, -0.25) is 10.1 Å². The molecule has 3 rings (SSSR count). The van der Waals surface area contributed by atoms with Crippen molar-refractivity contribution in [1.29, 1.82) is 0 Å². The molecule has 0 aliphatic heterocycles. The van der Waals surface area contributed by atoms with Gasteiger partial charge in [-0.25, -0.2) is 4.98 Å². The molecule has 1 aromatic heterocycles. The highest BCUT2D eigenvalue weighted by molar-refractivity contribution is 7.22. The molecule has 0 fully saturated rings. The Morgan fingerprint density at radius 3 is 2.54 bits per heavy atom. The van der Waals surface area contributed by atoms with Crippen molar-refractivity contribution in [2.24, 2.45) is 0 Å². The maximum absolute atomic E-state index is 12.2. The number of fused-ring (bicyclic) bond motifs is 1.